The Kier molecular flexibility index (Phi) is 7.35. The summed E-state index contributed by atoms with van der Waals surface area (Å²) in [6.07, 6.45) is 6.14. The average molecular weight is 177 g/mol. The number of nitrogens with zero attached hydrogens (tertiary/aromatic N) is 2. The van der Waals surface area contributed by atoms with Gasteiger partial charge in [0.25, 0.3) is 0 Å². The van der Waals surface area contributed by atoms with Gasteiger partial charge >= 0.3 is 0 Å². The van der Waals surface area contributed by atoms with E-state index in [2.05, 4.69) is 24.0 Å². The van der Waals surface area contributed by atoms with E-state index in [9.17, 15) is 0 Å². The topological polar surface area (TPSA) is 8.81 Å². The van der Waals surface area contributed by atoms with Gasteiger partial charge in [0, 0.05) is 0 Å². The molecule has 1 aromatic heterocycles. The number of halogens is 1. The van der Waals surface area contributed by atoms with E-state index in [1.807, 2.05) is 17.8 Å². The summed E-state index contributed by atoms with van der Waals surface area (Å²) < 4.78 is 4.16. The van der Waals surface area contributed by atoms with Crippen LogP contribution >= 0.6 is 0 Å². The van der Waals surface area contributed by atoms with Gasteiger partial charge in [-0.1, -0.05) is 0 Å². The molecule has 2 nitrogen and oxygen atoms in total. The first kappa shape index (κ1) is 12.7. The standard InChI is InChI=1S/C6H11N2.Al.ClH.3H/c1-3-8-5-4-7(2)6-8;;;;;/h4-6H,3H2,1-2H3;;1H;;;/q+1;;;;;/p-1. The van der Waals surface area contributed by atoms with Crippen LogP contribution in [0.3, 0.4) is 0 Å². The zero-order chi connectivity index (χ0) is 5.98. The smallest absolute Gasteiger partial charge is 0.243 e. The van der Waals surface area contributed by atoms with E-state index in [1.54, 1.807) is 0 Å². The molecular formula is C6H14AlClN2. The minimum Gasteiger partial charge on any atom is -1.00 e. The van der Waals surface area contributed by atoms with E-state index in [1.165, 1.54) is 0 Å². The van der Waals surface area contributed by atoms with E-state index in [0.717, 1.165) is 6.54 Å². The normalized spacial score (nSPS) is 7.80. The van der Waals surface area contributed by atoms with E-state index in [0.29, 0.717) is 0 Å². The van der Waals surface area contributed by atoms with Gasteiger partial charge in [-0.3, -0.25) is 0 Å². The predicted octanol–water partition coefficient (Wildman–Crippen LogP) is -3.85. The number of aryl methyl sites for hydroxylation is 2. The first-order chi connectivity index (χ1) is 3.83. The van der Waals surface area contributed by atoms with Gasteiger partial charge in [0.05, 0.1) is 13.6 Å². The van der Waals surface area contributed by atoms with Gasteiger partial charge < -0.3 is 12.4 Å². The van der Waals surface area contributed by atoms with E-state index >= 15 is 0 Å². The third-order valence-corrected chi connectivity index (χ3v) is 1.19. The van der Waals surface area contributed by atoms with Crippen LogP contribution in [0.2, 0.25) is 0 Å². The number of rotatable bonds is 1. The maximum absolute atomic E-state index is 2.12. The Morgan fingerprint density at radius 3 is 2.30 bits per heavy atom. The molecule has 0 aliphatic rings. The van der Waals surface area contributed by atoms with Crippen molar-refractivity contribution in [1.29, 1.82) is 0 Å². The molecule has 1 rings (SSSR count). The third kappa shape index (κ3) is 3.26. The molecule has 0 spiro atoms. The van der Waals surface area contributed by atoms with E-state index in [4.69, 9.17) is 0 Å². The van der Waals surface area contributed by atoms with Crippen LogP contribution in [-0.2, 0) is 13.6 Å². The van der Waals surface area contributed by atoms with Gasteiger partial charge in [0.2, 0.25) is 6.33 Å². The lowest BCUT2D eigenvalue weighted by molar-refractivity contribution is -0.693. The van der Waals surface area contributed by atoms with Crippen LogP contribution in [0.15, 0.2) is 18.7 Å². The molecule has 58 valence electrons. The molecule has 0 fully saturated rings. The van der Waals surface area contributed by atoms with Crippen molar-refractivity contribution < 1.29 is 17.0 Å². The van der Waals surface area contributed by atoms with E-state index in [-0.39, 0.29) is 29.8 Å². The van der Waals surface area contributed by atoms with Crippen molar-refractivity contribution in [1.82, 2.24) is 4.57 Å². The predicted molar refractivity (Wildman–Crippen MR) is 41.2 cm³/mol. The zero-order valence-corrected chi connectivity index (χ0v) is 6.47. The summed E-state index contributed by atoms with van der Waals surface area (Å²) in [7, 11) is 2.02. The van der Waals surface area contributed by atoms with Crippen LogP contribution in [0.25, 0.3) is 0 Å². The Labute approximate surface area is 78.4 Å². The molecule has 1 heterocycles. The van der Waals surface area contributed by atoms with Gasteiger partial charge in [-0.05, 0) is 6.92 Å². The molecule has 0 radical (unpaired) electrons. The molecule has 0 unspecified atom stereocenters. The molecular weight excluding hydrogens is 163 g/mol. The summed E-state index contributed by atoms with van der Waals surface area (Å²) >= 11 is 0. The SMILES string of the molecule is CC[n+]1ccn(C)c1.[AlH3].[Cl-]. The Morgan fingerprint density at radius 2 is 2.10 bits per heavy atom. The van der Waals surface area contributed by atoms with Crippen LogP contribution in [0.5, 0.6) is 0 Å². The Hall–Kier alpha value is 0.0325. The lowest BCUT2D eigenvalue weighted by atomic mass is 10.7. The maximum Gasteiger partial charge on any atom is 0.243 e. The zero-order valence-electron chi connectivity index (χ0n) is 5.71. The second-order valence-corrected chi connectivity index (χ2v) is 1.91. The van der Waals surface area contributed by atoms with Crippen molar-refractivity contribution in [2.45, 2.75) is 13.5 Å². The highest BCUT2D eigenvalue weighted by atomic mass is 35.5. The molecule has 1 aromatic rings. The highest BCUT2D eigenvalue weighted by Crippen LogP contribution is 1.74. The summed E-state index contributed by atoms with van der Waals surface area (Å²) in [6, 6.07) is 0. The fourth-order valence-electron chi connectivity index (χ4n) is 0.689. The van der Waals surface area contributed by atoms with Crippen LogP contribution in [0.4, 0.5) is 0 Å². The minimum absolute atomic E-state index is 0. The molecule has 0 aliphatic heterocycles. The second kappa shape index (κ2) is 5.79. The molecule has 0 atom stereocenters. The fraction of sp³-hybridized carbons (Fsp3) is 0.500. The Morgan fingerprint density at radius 1 is 1.50 bits per heavy atom. The van der Waals surface area contributed by atoms with Crippen LogP contribution in [0.1, 0.15) is 6.92 Å². The summed E-state index contributed by atoms with van der Waals surface area (Å²) in [5.41, 5.74) is 0. The van der Waals surface area contributed by atoms with Crippen LogP contribution < -0.4 is 17.0 Å². The van der Waals surface area contributed by atoms with Crippen LogP contribution in [-0.4, -0.2) is 21.9 Å². The summed E-state index contributed by atoms with van der Waals surface area (Å²) in [4.78, 5) is 0. The molecule has 0 saturated heterocycles. The maximum atomic E-state index is 2.12. The quantitative estimate of drug-likeness (QED) is 0.306. The second-order valence-electron chi connectivity index (χ2n) is 1.91. The Bertz CT molecular complexity index is 176. The summed E-state index contributed by atoms with van der Waals surface area (Å²) in [5.74, 6) is 0. The first-order valence-electron chi connectivity index (χ1n) is 2.84. The highest BCUT2D eigenvalue weighted by Gasteiger charge is 1.92. The average Bonchev–Trinajstić information content (AvgIpc) is 2.14. The van der Waals surface area contributed by atoms with Crippen molar-refractivity contribution in [3.63, 3.8) is 0 Å². The molecule has 0 amide bonds. The molecule has 4 heteroatoms. The van der Waals surface area contributed by atoms with Crippen molar-refractivity contribution in [3.05, 3.63) is 18.7 Å². The van der Waals surface area contributed by atoms with Crippen LogP contribution in [0, 0.1) is 0 Å². The largest absolute Gasteiger partial charge is 1.00 e. The molecule has 0 bridgehead atoms. The van der Waals surface area contributed by atoms with E-state index < -0.39 is 0 Å². The van der Waals surface area contributed by atoms with Crippen molar-refractivity contribution >= 4 is 17.4 Å². The van der Waals surface area contributed by atoms with Gasteiger partial charge in [-0.15, -0.1) is 0 Å². The first-order valence-corrected chi connectivity index (χ1v) is 2.84. The summed E-state index contributed by atoms with van der Waals surface area (Å²) in [6.45, 7) is 3.18. The van der Waals surface area contributed by atoms with Crippen molar-refractivity contribution in [2.24, 2.45) is 7.05 Å². The fourth-order valence-corrected chi connectivity index (χ4v) is 0.689. The van der Waals surface area contributed by atoms with Gasteiger partial charge in [0.1, 0.15) is 12.4 Å². The van der Waals surface area contributed by atoms with Crippen molar-refractivity contribution in [2.75, 3.05) is 0 Å². The lowest BCUT2D eigenvalue weighted by Crippen LogP contribution is -3.00. The number of hydrogen-bond acceptors (Lipinski definition) is 0. The van der Waals surface area contributed by atoms with Gasteiger partial charge in [-0.25, -0.2) is 9.13 Å². The minimum atomic E-state index is 0. The number of hydrogen-bond donors (Lipinski definition) is 0. The molecule has 0 aromatic carbocycles. The molecule has 0 saturated carbocycles. The monoisotopic (exact) mass is 176 g/mol. The van der Waals surface area contributed by atoms with Crippen molar-refractivity contribution in [3.8, 4) is 0 Å². The number of aromatic nitrogens is 2. The highest BCUT2D eigenvalue weighted by molar-refractivity contribution is 5.75. The number of imidazole rings is 1. The van der Waals surface area contributed by atoms with Gasteiger partial charge in [0.15, 0.2) is 17.4 Å². The Balaban J connectivity index is 0. The molecule has 0 aliphatic carbocycles. The third-order valence-electron chi connectivity index (χ3n) is 1.19. The lowest BCUT2D eigenvalue weighted by Gasteiger charge is -1.81. The molecule has 10 heavy (non-hydrogen) atoms. The molecule has 0 N–H and O–H groups in total. The van der Waals surface area contributed by atoms with Gasteiger partial charge in [-0.2, -0.15) is 0 Å². The summed E-state index contributed by atoms with van der Waals surface area (Å²) in [5, 5.41) is 0.